The molecule has 2 aromatic carbocycles. The SMILES string of the molecule is Cc1cc(C)c(C(=O)COc2cccc(C=O)c2)cc1C. The second-order valence-electron chi connectivity index (χ2n) is 5.15. The van der Waals surface area contributed by atoms with Crippen molar-refractivity contribution >= 4 is 12.1 Å². The molecule has 0 aromatic heterocycles. The Kier molecular flexibility index (Phi) is 4.53. The van der Waals surface area contributed by atoms with Gasteiger partial charge in [0.2, 0.25) is 0 Å². The van der Waals surface area contributed by atoms with E-state index in [1.54, 1.807) is 24.3 Å². The first-order valence-electron chi connectivity index (χ1n) is 6.80. The lowest BCUT2D eigenvalue weighted by molar-refractivity contribution is 0.0921. The van der Waals surface area contributed by atoms with Crippen LogP contribution in [0.15, 0.2) is 36.4 Å². The van der Waals surface area contributed by atoms with Gasteiger partial charge in [-0.15, -0.1) is 0 Å². The summed E-state index contributed by atoms with van der Waals surface area (Å²) in [5.74, 6) is 0.460. The van der Waals surface area contributed by atoms with Gasteiger partial charge in [0.05, 0.1) is 0 Å². The summed E-state index contributed by atoms with van der Waals surface area (Å²) in [5.41, 5.74) is 4.43. The van der Waals surface area contributed by atoms with E-state index < -0.39 is 0 Å². The van der Waals surface area contributed by atoms with Crippen LogP contribution in [-0.4, -0.2) is 18.7 Å². The van der Waals surface area contributed by atoms with Gasteiger partial charge in [0, 0.05) is 11.1 Å². The maximum atomic E-state index is 12.3. The smallest absolute Gasteiger partial charge is 0.200 e. The zero-order chi connectivity index (χ0) is 15.4. The van der Waals surface area contributed by atoms with E-state index in [1.165, 1.54) is 5.56 Å². The van der Waals surface area contributed by atoms with Crippen LogP contribution in [0.5, 0.6) is 5.75 Å². The molecule has 0 fully saturated rings. The average Bonchev–Trinajstić information content (AvgIpc) is 2.48. The number of ketones is 1. The van der Waals surface area contributed by atoms with Crippen LogP contribution in [0.3, 0.4) is 0 Å². The van der Waals surface area contributed by atoms with Crippen LogP contribution in [0.1, 0.15) is 37.4 Å². The van der Waals surface area contributed by atoms with Gasteiger partial charge in [-0.2, -0.15) is 0 Å². The summed E-state index contributed by atoms with van der Waals surface area (Å²) >= 11 is 0. The molecule has 0 atom stereocenters. The molecule has 0 radical (unpaired) electrons. The van der Waals surface area contributed by atoms with Crippen molar-refractivity contribution in [2.75, 3.05) is 6.61 Å². The fourth-order valence-electron chi connectivity index (χ4n) is 2.17. The minimum Gasteiger partial charge on any atom is -0.485 e. The second-order valence-corrected chi connectivity index (χ2v) is 5.15. The van der Waals surface area contributed by atoms with E-state index in [0.29, 0.717) is 16.9 Å². The normalized spacial score (nSPS) is 10.2. The predicted octanol–water partition coefficient (Wildman–Crippen LogP) is 3.69. The number of carbonyl (C=O) groups excluding carboxylic acids is 2. The van der Waals surface area contributed by atoms with Gasteiger partial charge in [-0.05, 0) is 55.7 Å². The third kappa shape index (κ3) is 3.57. The molecule has 0 aliphatic carbocycles. The van der Waals surface area contributed by atoms with E-state index in [9.17, 15) is 9.59 Å². The van der Waals surface area contributed by atoms with Crippen LogP contribution >= 0.6 is 0 Å². The van der Waals surface area contributed by atoms with Crippen molar-refractivity contribution in [1.82, 2.24) is 0 Å². The van der Waals surface area contributed by atoms with E-state index in [2.05, 4.69) is 0 Å². The molecule has 0 aliphatic heterocycles. The molecule has 0 saturated carbocycles. The minimum absolute atomic E-state index is 0.0361. The van der Waals surface area contributed by atoms with Crippen molar-refractivity contribution in [3.05, 3.63) is 64.2 Å². The summed E-state index contributed by atoms with van der Waals surface area (Å²) < 4.78 is 5.48. The van der Waals surface area contributed by atoms with Crippen LogP contribution in [-0.2, 0) is 0 Å². The third-order valence-electron chi connectivity index (χ3n) is 3.51. The molecule has 0 aliphatic rings. The fourth-order valence-corrected chi connectivity index (χ4v) is 2.17. The van der Waals surface area contributed by atoms with E-state index in [-0.39, 0.29) is 12.4 Å². The Morgan fingerprint density at radius 1 is 1.05 bits per heavy atom. The molecule has 0 bridgehead atoms. The summed E-state index contributed by atoms with van der Waals surface area (Å²) in [4.78, 5) is 23.0. The van der Waals surface area contributed by atoms with Gasteiger partial charge in [0.15, 0.2) is 12.4 Å². The highest BCUT2D eigenvalue weighted by Gasteiger charge is 2.11. The first-order chi connectivity index (χ1) is 10.0. The molecule has 0 spiro atoms. The number of aryl methyl sites for hydroxylation is 3. The zero-order valence-corrected chi connectivity index (χ0v) is 12.5. The summed E-state index contributed by atoms with van der Waals surface area (Å²) in [6, 6.07) is 10.7. The molecule has 21 heavy (non-hydrogen) atoms. The van der Waals surface area contributed by atoms with Crippen LogP contribution < -0.4 is 4.74 Å². The van der Waals surface area contributed by atoms with Gasteiger partial charge >= 0.3 is 0 Å². The molecule has 2 rings (SSSR count). The zero-order valence-electron chi connectivity index (χ0n) is 12.5. The van der Waals surface area contributed by atoms with E-state index in [1.807, 2.05) is 32.9 Å². The van der Waals surface area contributed by atoms with E-state index in [0.717, 1.165) is 17.4 Å². The number of hydrogen-bond donors (Lipinski definition) is 0. The van der Waals surface area contributed by atoms with Crippen LogP contribution in [0.2, 0.25) is 0 Å². The van der Waals surface area contributed by atoms with Crippen molar-refractivity contribution in [1.29, 1.82) is 0 Å². The third-order valence-corrected chi connectivity index (χ3v) is 3.51. The molecule has 0 amide bonds. The number of rotatable bonds is 5. The Morgan fingerprint density at radius 3 is 2.48 bits per heavy atom. The highest BCUT2D eigenvalue weighted by molar-refractivity contribution is 5.98. The van der Waals surface area contributed by atoms with Gasteiger partial charge < -0.3 is 4.74 Å². The van der Waals surface area contributed by atoms with Crippen molar-refractivity contribution < 1.29 is 14.3 Å². The summed E-state index contributed by atoms with van der Waals surface area (Å²) in [6.07, 6.45) is 0.752. The summed E-state index contributed by atoms with van der Waals surface area (Å²) in [6.45, 7) is 5.90. The fraction of sp³-hybridized carbons (Fsp3) is 0.222. The topological polar surface area (TPSA) is 43.4 Å². The quantitative estimate of drug-likeness (QED) is 0.620. The largest absolute Gasteiger partial charge is 0.485 e. The van der Waals surface area contributed by atoms with Gasteiger partial charge in [-0.25, -0.2) is 0 Å². The lowest BCUT2D eigenvalue weighted by Crippen LogP contribution is -2.13. The van der Waals surface area contributed by atoms with Gasteiger partial charge in [0.1, 0.15) is 12.0 Å². The Labute approximate surface area is 124 Å². The predicted molar refractivity (Wildman–Crippen MR) is 82.3 cm³/mol. The lowest BCUT2D eigenvalue weighted by atomic mass is 9.98. The standard InChI is InChI=1S/C18H18O3/c1-12-7-14(3)17(8-13(12)2)18(20)11-21-16-6-4-5-15(9-16)10-19/h4-10H,11H2,1-3H3. The minimum atomic E-state index is -0.0629. The number of hydrogen-bond acceptors (Lipinski definition) is 3. The highest BCUT2D eigenvalue weighted by Crippen LogP contribution is 2.17. The lowest BCUT2D eigenvalue weighted by Gasteiger charge is -2.10. The van der Waals surface area contributed by atoms with E-state index >= 15 is 0 Å². The number of carbonyl (C=O) groups is 2. The van der Waals surface area contributed by atoms with Crippen LogP contribution in [0, 0.1) is 20.8 Å². The Bertz CT molecular complexity index is 687. The van der Waals surface area contributed by atoms with Crippen molar-refractivity contribution in [3.63, 3.8) is 0 Å². The van der Waals surface area contributed by atoms with Crippen LogP contribution in [0.4, 0.5) is 0 Å². The van der Waals surface area contributed by atoms with Gasteiger partial charge in [-0.1, -0.05) is 18.2 Å². The molecule has 0 N–H and O–H groups in total. The molecule has 2 aromatic rings. The molecule has 0 saturated heterocycles. The Balaban J connectivity index is 2.11. The van der Waals surface area contributed by atoms with E-state index in [4.69, 9.17) is 4.74 Å². The van der Waals surface area contributed by atoms with Gasteiger partial charge in [-0.3, -0.25) is 9.59 Å². The first kappa shape index (κ1) is 15.0. The summed E-state index contributed by atoms with van der Waals surface area (Å²) in [5, 5.41) is 0. The highest BCUT2D eigenvalue weighted by atomic mass is 16.5. The number of aldehydes is 1. The Morgan fingerprint density at radius 2 is 1.76 bits per heavy atom. The molecule has 3 heteroatoms. The van der Waals surface area contributed by atoms with Crippen molar-refractivity contribution in [2.24, 2.45) is 0 Å². The molecule has 108 valence electrons. The molecular weight excluding hydrogens is 264 g/mol. The second kappa shape index (κ2) is 6.35. The maximum Gasteiger partial charge on any atom is 0.200 e. The maximum absolute atomic E-state index is 12.3. The first-order valence-corrected chi connectivity index (χ1v) is 6.80. The monoisotopic (exact) mass is 282 g/mol. The van der Waals surface area contributed by atoms with Gasteiger partial charge in [0.25, 0.3) is 0 Å². The average molecular weight is 282 g/mol. The number of ether oxygens (including phenoxy) is 1. The van der Waals surface area contributed by atoms with Crippen LogP contribution in [0.25, 0.3) is 0 Å². The molecule has 3 nitrogen and oxygen atoms in total. The number of Topliss-reactive ketones (excluding diaryl/α,β-unsaturated/α-hetero) is 1. The summed E-state index contributed by atoms with van der Waals surface area (Å²) in [7, 11) is 0. The molecule has 0 unspecified atom stereocenters. The number of benzene rings is 2. The Hall–Kier alpha value is -2.42. The molecule has 0 heterocycles. The van der Waals surface area contributed by atoms with Crippen molar-refractivity contribution in [2.45, 2.75) is 20.8 Å². The van der Waals surface area contributed by atoms with Crippen molar-refractivity contribution in [3.8, 4) is 5.75 Å². The molecular formula is C18H18O3.